The van der Waals surface area contributed by atoms with Crippen LogP contribution in [-0.4, -0.2) is 127 Å². The molecule has 0 bridgehead atoms. The van der Waals surface area contributed by atoms with Crippen LogP contribution in [0.2, 0.25) is 25.7 Å². The number of esters is 2. The fraction of sp³-hybridized carbons (Fsp3) is 0.548. The van der Waals surface area contributed by atoms with Gasteiger partial charge in [-0.25, -0.2) is 9.59 Å². The molecule has 0 saturated carbocycles. The molecule has 2 aromatic carbocycles. The van der Waals surface area contributed by atoms with Crippen LogP contribution in [0, 0.1) is 0 Å². The van der Waals surface area contributed by atoms with E-state index in [4.69, 9.17) is 28.4 Å². The highest BCUT2D eigenvalue weighted by atomic mass is 28.3. The molecular formula is C31H42O13Si. The second kappa shape index (κ2) is 15.7. The van der Waals surface area contributed by atoms with E-state index in [2.05, 4.69) is 19.6 Å². The number of carbonyl (C=O) groups is 2. The molecule has 10 atom stereocenters. The molecule has 5 N–H and O–H groups in total. The molecule has 13 nitrogen and oxygen atoms in total. The fourth-order valence-electron chi connectivity index (χ4n) is 4.93. The molecule has 0 unspecified atom stereocenters. The predicted octanol–water partition coefficient (Wildman–Crippen LogP) is 0.695. The first-order valence-corrected chi connectivity index (χ1v) is 18.5. The summed E-state index contributed by atoms with van der Waals surface area (Å²) in [4.78, 5) is 26.8. The highest BCUT2D eigenvalue weighted by molar-refractivity contribution is 6.76. The van der Waals surface area contributed by atoms with Gasteiger partial charge in [0.25, 0.3) is 0 Å². The maximum Gasteiger partial charge on any atom is 0.338 e. The summed E-state index contributed by atoms with van der Waals surface area (Å²) < 4.78 is 35.5. The Balaban J connectivity index is 1.72. The molecule has 0 spiro atoms. The van der Waals surface area contributed by atoms with Crippen LogP contribution in [0.5, 0.6) is 0 Å². The molecule has 14 heteroatoms. The van der Waals surface area contributed by atoms with Gasteiger partial charge in [0.1, 0.15) is 36.6 Å². The van der Waals surface area contributed by atoms with Crippen molar-refractivity contribution in [3.05, 3.63) is 71.8 Å². The molecule has 0 radical (unpaired) electrons. The van der Waals surface area contributed by atoms with Gasteiger partial charge in [-0.05, 0) is 30.3 Å². The van der Waals surface area contributed by atoms with E-state index >= 15 is 0 Å². The van der Waals surface area contributed by atoms with Gasteiger partial charge < -0.3 is 54.0 Å². The van der Waals surface area contributed by atoms with Crippen molar-refractivity contribution in [3.63, 3.8) is 0 Å². The number of carbonyl (C=O) groups excluding carboxylic acids is 2. The molecule has 2 aliphatic heterocycles. The summed E-state index contributed by atoms with van der Waals surface area (Å²) in [6.45, 7) is 5.26. The number of hydrogen-bond acceptors (Lipinski definition) is 13. The van der Waals surface area contributed by atoms with Crippen LogP contribution >= 0.6 is 0 Å². The Morgan fingerprint density at radius 1 is 0.689 bits per heavy atom. The molecule has 248 valence electrons. The first-order chi connectivity index (χ1) is 21.4. The van der Waals surface area contributed by atoms with Crippen LogP contribution in [0.3, 0.4) is 0 Å². The monoisotopic (exact) mass is 650 g/mol. The Kier molecular flexibility index (Phi) is 12.2. The third kappa shape index (κ3) is 8.95. The molecule has 2 saturated heterocycles. The second-order valence-electron chi connectivity index (χ2n) is 12.2. The van der Waals surface area contributed by atoms with Crippen molar-refractivity contribution in [3.8, 4) is 0 Å². The molecule has 2 heterocycles. The minimum Gasteiger partial charge on any atom is -0.452 e. The van der Waals surface area contributed by atoms with Crippen molar-refractivity contribution in [2.45, 2.75) is 87.1 Å². The zero-order valence-electron chi connectivity index (χ0n) is 25.4. The van der Waals surface area contributed by atoms with Crippen LogP contribution in [-0.2, 0) is 28.4 Å². The summed E-state index contributed by atoms with van der Waals surface area (Å²) in [5.41, 5.74) is 0.364. The van der Waals surface area contributed by atoms with Crippen LogP contribution in [0.25, 0.3) is 0 Å². The summed E-state index contributed by atoms with van der Waals surface area (Å²) in [7, 11) is -1.59. The summed E-state index contributed by atoms with van der Waals surface area (Å²) in [6.07, 6.45) is -15.2. The fourth-order valence-corrected chi connectivity index (χ4v) is 5.66. The molecule has 2 aromatic rings. The molecule has 0 amide bonds. The van der Waals surface area contributed by atoms with E-state index in [0.29, 0.717) is 0 Å². The van der Waals surface area contributed by atoms with Crippen LogP contribution < -0.4 is 0 Å². The van der Waals surface area contributed by atoms with E-state index in [1.54, 1.807) is 36.4 Å². The minimum absolute atomic E-state index is 0.167. The van der Waals surface area contributed by atoms with Crippen molar-refractivity contribution in [1.29, 1.82) is 0 Å². The number of ether oxygens (including phenoxy) is 6. The Hall–Kier alpha value is -2.76. The first kappa shape index (κ1) is 35.1. The smallest absolute Gasteiger partial charge is 0.338 e. The average molecular weight is 651 g/mol. The summed E-state index contributed by atoms with van der Waals surface area (Å²) >= 11 is 0. The van der Waals surface area contributed by atoms with Crippen molar-refractivity contribution < 1.29 is 63.5 Å². The quantitative estimate of drug-likeness (QED) is 0.160. The zero-order chi connectivity index (χ0) is 32.7. The molecule has 2 aliphatic rings. The van der Waals surface area contributed by atoms with Crippen LogP contribution in [0.4, 0.5) is 0 Å². The van der Waals surface area contributed by atoms with E-state index in [1.807, 2.05) is 0 Å². The van der Waals surface area contributed by atoms with Crippen molar-refractivity contribution >= 4 is 20.0 Å². The van der Waals surface area contributed by atoms with E-state index in [0.717, 1.165) is 6.04 Å². The highest BCUT2D eigenvalue weighted by Crippen LogP contribution is 2.33. The minimum atomic E-state index is -1.82. The summed E-state index contributed by atoms with van der Waals surface area (Å²) in [5, 5.41) is 51.4. The lowest BCUT2D eigenvalue weighted by Crippen LogP contribution is -2.66. The van der Waals surface area contributed by atoms with E-state index < -0.39 is 94.6 Å². The van der Waals surface area contributed by atoms with Gasteiger partial charge in [-0.2, -0.15) is 0 Å². The summed E-state index contributed by atoms with van der Waals surface area (Å²) in [5.74, 6) is -1.60. The Morgan fingerprint density at radius 3 is 1.71 bits per heavy atom. The van der Waals surface area contributed by atoms with Crippen molar-refractivity contribution in [1.82, 2.24) is 0 Å². The molecule has 0 aliphatic carbocycles. The lowest BCUT2D eigenvalue weighted by Gasteiger charge is -2.47. The topological polar surface area (TPSA) is 191 Å². The van der Waals surface area contributed by atoms with Gasteiger partial charge in [0, 0.05) is 14.7 Å². The Bertz CT molecular complexity index is 1220. The second-order valence-corrected chi connectivity index (χ2v) is 17.8. The average Bonchev–Trinajstić information content (AvgIpc) is 3.03. The Labute approximate surface area is 262 Å². The van der Waals surface area contributed by atoms with Gasteiger partial charge in [-0.3, -0.25) is 0 Å². The molecule has 45 heavy (non-hydrogen) atoms. The molecule has 2 fully saturated rings. The molecule has 0 aromatic heterocycles. The van der Waals surface area contributed by atoms with Crippen LogP contribution in [0.1, 0.15) is 20.7 Å². The summed E-state index contributed by atoms with van der Waals surface area (Å²) in [6, 6.07) is 16.8. The SMILES string of the molecule is C[Si](C)(C)CCO[C@@H]1O[C@H](CO)[C@H](O[C@H]2O[C@H](CO)[C@H](O)[C@H](O)[C@H]2O)[C@H](OC(=O)c2ccccc2)[C@H]1OC(=O)c1ccccc1. The van der Waals surface area contributed by atoms with Gasteiger partial charge >= 0.3 is 11.9 Å². The first-order valence-electron chi connectivity index (χ1n) is 14.8. The normalized spacial score (nSPS) is 32.1. The lowest BCUT2D eigenvalue weighted by atomic mass is 9.96. The van der Waals surface area contributed by atoms with Gasteiger partial charge in [-0.1, -0.05) is 56.0 Å². The molecule has 4 rings (SSSR count). The van der Waals surface area contributed by atoms with E-state index in [9.17, 15) is 35.1 Å². The highest BCUT2D eigenvalue weighted by Gasteiger charge is 2.54. The molecular weight excluding hydrogens is 608 g/mol. The number of benzene rings is 2. The number of rotatable bonds is 12. The number of aliphatic hydroxyl groups is 5. The van der Waals surface area contributed by atoms with E-state index in [-0.39, 0.29) is 17.7 Å². The zero-order valence-corrected chi connectivity index (χ0v) is 26.4. The maximum absolute atomic E-state index is 13.4. The maximum atomic E-state index is 13.4. The third-order valence-corrected chi connectivity index (χ3v) is 9.25. The van der Waals surface area contributed by atoms with E-state index in [1.165, 1.54) is 24.3 Å². The third-order valence-electron chi connectivity index (χ3n) is 7.55. The van der Waals surface area contributed by atoms with Gasteiger partial charge in [0.15, 0.2) is 24.8 Å². The van der Waals surface area contributed by atoms with Gasteiger partial charge in [0.05, 0.1) is 24.3 Å². The predicted molar refractivity (Wildman–Crippen MR) is 160 cm³/mol. The number of hydrogen-bond donors (Lipinski definition) is 5. The lowest BCUT2D eigenvalue weighted by molar-refractivity contribution is -0.357. The Morgan fingerprint density at radius 2 is 1.20 bits per heavy atom. The van der Waals surface area contributed by atoms with Gasteiger partial charge in [0.2, 0.25) is 0 Å². The van der Waals surface area contributed by atoms with Gasteiger partial charge in [-0.15, -0.1) is 0 Å². The number of aliphatic hydroxyl groups excluding tert-OH is 5. The van der Waals surface area contributed by atoms with Crippen molar-refractivity contribution in [2.75, 3.05) is 19.8 Å². The largest absolute Gasteiger partial charge is 0.452 e. The standard InChI is InChI=1S/C31H42O13Si/c1-45(2,3)15-14-39-31-27(43-29(38)19-12-8-5-9-13-19)26(42-28(37)18-10-6-4-7-11-18)25(21(17-33)41-31)44-30-24(36)23(35)22(34)20(16-32)40-30/h4-13,20-27,30-36H,14-17H2,1-3H3/t20-,21-,22+,23+,24-,25+,26+,27-,30-,31-/m1/s1. The van der Waals surface area contributed by atoms with Crippen molar-refractivity contribution in [2.24, 2.45) is 0 Å². The van der Waals surface area contributed by atoms with Crippen LogP contribution in [0.15, 0.2) is 60.7 Å².